The van der Waals surface area contributed by atoms with E-state index in [1.165, 1.54) is 5.56 Å². The molecular formula is C16H24N2OS2. The second-order valence-corrected chi connectivity index (χ2v) is 7.55. The molecule has 3 nitrogen and oxygen atoms in total. The fraction of sp³-hybridized carbons (Fsp3) is 0.562. The van der Waals surface area contributed by atoms with Gasteiger partial charge < -0.3 is 5.32 Å². The number of carbonyl (C=O) groups is 1. The number of hydrogen-bond acceptors (Lipinski definition) is 4. The third kappa shape index (κ3) is 5.24. The number of nitrogens with one attached hydrogen (secondary N) is 1. The lowest BCUT2D eigenvalue weighted by Gasteiger charge is -2.21. The second kappa shape index (κ2) is 8.71. The molecule has 1 atom stereocenters. The maximum Gasteiger partial charge on any atom is 0.238 e. The zero-order valence-corrected chi connectivity index (χ0v) is 14.4. The van der Waals surface area contributed by atoms with Gasteiger partial charge in [0.25, 0.3) is 0 Å². The van der Waals surface area contributed by atoms with Gasteiger partial charge in [-0.1, -0.05) is 26.0 Å². The number of nitrogens with zero attached hydrogens (tertiary/aromatic N) is 1. The Morgan fingerprint density at radius 2 is 2.14 bits per heavy atom. The average Bonchev–Trinajstić information content (AvgIpc) is 2.53. The molecule has 1 N–H and O–H groups in total. The highest BCUT2D eigenvalue weighted by atomic mass is 32.2. The van der Waals surface area contributed by atoms with Crippen LogP contribution in [-0.2, 0) is 11.3 Å². The molecular weight excluding hydrogens is 300 g/mol. The predicted octanol–water partition coefficient (Wildman–Crippen LogP) is 3.32. The Bertz CT molecular complexity index is 457. The molecule has 0 radical (unpaired) electrons. The number of hydrogen-bond donors (Lipinski definition) is 1. The van der Waals surface area contributed by atoms with Crippen molar-refractivity contribution in [3.8, 4) is 0 Å². The molecule has 1 aromatic rings. The molecule has 1 aliphatic heterocycles. The topological polar surface area (TPSA) is 32.3 Å². The van der Waals surface area contributed by atoms with Gasteiger partial charge in [-0.15, -0.1) is 11.8 Å². The predicted molar refractivity (Wildman–Crippen MR) is 95.3 cm³/mol. The SMILES string of the molecule is CCN(CC)Cc1cccc(NC(=O)[C@H]2CSCCS2)c1. The van der Waals surface area contributed by atoms with Crippen molar-refractivity contribution < 1.29 is 4.79 Å². The van der Waals surface area contributed by atoms with Crippen LogP contribution in [0.3, 0.4) is 0 Å². The molecule has 0 saturated carbocycles. The molecule has 1 heterocycles. The lowest BCUT2D eigenvalue weighted by molar-refractivity contribution is -0.115. The number of amides is 1. The molecule has 0 aliphatic carbocycles. The second-order valence-electron chi connectivity index (χ2n) is 5.09. The van der Waals surface area contributed by atoms with Crippen LogP contribution in [0.25, 0.3) is 0 Å². The van der Waals surface area contributed by atoms with Crippen LogP contribution >= 0.6 is 23.5 Å². The van der Waals surface area contributed by atoms with E-state index in [1.54, 1.807) is 11.8 Å². The summed E-state index contributed by atoms with van der Waals surface area (Å²) in [6.45, 7) is 7.37. The lowest BCUT2D eigenvalue weighted by Crippen LogP contribution is -2.30. The standard InChI is InChI=1S/C16H24N2OS2/c1-3-18(4-2)11-13-6-5-7-14(10-13)17-16(19)15-12-20-8-9-21-15/h5-7,10,15H,3-4,8-9,11-12H2,1-2H3,(H,17,19)/t15-/m1/s1. The molecule has 2 rings (SSSR count). The highest BCUT2D eigenvalue weighted by molar-refractivity contribution is 8.07. The van der Waals surface area contributed by atoms with Crippen molar-refractivity contribution in [3.63, 3.8) is 0 Å². The van der Waals surface area contributed by atoms with E-state index < -0.39 is 0 Å². The van der Waals surface area contributed by atoms with Gasteiger partial charge in [0.2, 0.25) is 5.91 Å². The highest BCUT2D eigenvalue weighted by Gasteiger charge is 2.22. The van der Waals surface area contributed by atoms with Crippen LogP contribution in [0.4, 0.5) is 5.69 Å². The van der Waals surface area contributed by atoms with Gasteiger partial charge in [-0.2, -0.15) is 11.8 Å². The Morgan fingerprint density at radius 1 is 1.33 bits per heavy atom. The van der Waals surface area contributed by atoms with Crippen LogP contribution in [0.15, 0.2) is 24.3 Å². The summed E-state index contributed by atoms with van der Waals surface area (Å²) in [7, 11) is 0. The first kappa shape index (κ1) is 16.7. The van der Waals surface area contributed by atoms with E-state index in [4.69, 9.17) is 0 Å². The van der Waals surface area contributed by atoms with E-state index in [0.29, 0.717) is 0 Å². The minimum atomic E-state index is 0.0928. The first-order chi connectivity index (χ1) is 10.2. The van der Waals surface area contributed by atoms with Crippen molar-refractivity contribution in [2.75, 3.05) is 35.7 Å². The van der Waals surface area contributed by atoms with Gasteiger partial charge in [0.05, 0.1) is 5.25 Å². The first-order valence-corrected chi connectivity index (χ1v) is 9.74. The molecule has 0 spiro atoms. The van der Waals surface area contributed by atoms with E-state index in [-0.39, 0.29) is 11.2 Å². The summed E-state index contributed by atoms with van der Waals surface area (Å²) in [5, 5.41) is 3.16. The number of rotatable bonds is 6. The lowest BCUT2D eigenvalue weighted by atomic mass is 10.2. The van der Waals surface area contributed by atoms with E-state index in [0.717, 1.165) is 42.6 Å². The Hall–Kier alpha value is -0.650. The van der Waals surface area contributed by atoms with Crippen molar-refractivity contribution in [1.29, 1.82) is 0 Å². The Kier molecular flexibility index (Phi) is 6.93. The van der Waals surface area contributed by atoms with E-state index in [9.17, 15) is 4.79 Å². The zero-order chi connectivity index (χ0) is 15.1. The van der Waals surface area contributed by atoms with E-state index >= 15 is 0 Å². The van der Waals surface area contributed by atoms with E-state index in [2.05, 4.69) is 36.2 Å². The van der Waals surface area contributed by atoms with E-state index in [1.807, 2.05) is 23.9 Å². The summed E-state index contributed by atoms with van der Waals surface area (Å²) < 4.78 is 0. The van der Waals surface area contributed by atoms with Gasteiger partial charge in [-0.3, -0.25) is 9.69 Å². The van der Waals surface area contributed by atoms with Crippen molar-refractivity contribution in [2.45, 2.75) is 25.6 Å². The van der Waals surface area contributed by atoms with Crippen LogP contribution in [0, 0.1) is 0 Å². The minimum Gasteiger partial charge on any atom is -0.325 e. The molecule has 21 heavy (non-hydrogen) atoms. The van der Waals surface area contributed by atoms with Gasteiger partial charge >= 0.3 is 0 Å². The monoisotopic (exact) mass is 324 g/mol. The normalized spacial score (nSPS) is 18.7. The van der Waals surface area contributed by atoms with Crippen LogP contribution in [0.5, 0.6) is 0 Å². The van der Waals surface area contributed by atoms with Crippen molar-refractivity contribution in [3.05, 3.63) is 29.8 Å². The Balaban J connectivity index is 1.95. The number of thioether (sulfide) groups is 2. The summed E-state index contributed by atoms with van der Waals surface area (Å²) in [6, 6.07) is 8.22. The summed E-state index contributed by atoms with van der Waals surface area (Å²) >= 11 is 3.64. The smallest absolute Gasteiger partial charge is 0.238 e. The Morgan fingerprint density at radius 3 is 2.81 bits per heavy atom. The summed E-state index contributed by atoms with van der Waals surface area (Å²) in [6.07, 6.45) is 0. The largest absolute Gasteiger partial charge is 0.325 e. The summed E-state index contributed by atoms with van der Waals surface area (Å²) in [5.41, 5.74) is 2.17. The van der Waals surface area contributed by atoms with Crippen LogP contribution in [0.1, 0.15) is 19.4 Å². The molecule has 1 aromatic carbocycles. The summed E-state index contributed by atoms with van der Waals surface area (Å²) in [5.74, 6) is 3.31. The molecule has 1 amide bonds. The summed E-state index contributed by atoms with van der Waals surface area (Å²) in [4.78, 5) is 14.6. The van der Waals surface area contributed by atoms with Crippen LogP contribution < -0.4 is 5.32 Å². The first-order valence-electron chi connectivity index (χ1n) is 7.54. The maximum absolute atomic E-state index is 12.3. The number of anilines is 1. The Labute approximate surface area is 136 Å². The molecule has 0 bridgehead atoms. The fourth-order valence-electron chi connectivity index (χ4n) is 2.31. The molecule has 116 valence electrons. The van der Waals surface area contributed by atoms with Crippen molar-refractivity contribution in [1.82, 2.24) is 4.90 Å². The molecule has 1 aliphatic rings. The number of carbonyl (C=O) groups excluding carboxylic acids is 1. The molecule has 0 aromatic heterocycles. The van der Waals surface area contributed by atoms with Crippen LogP contribution in [0.2, 0.25) is 0 Å². The average molecular weight is 325 g/mol. The van der Waals surface area contributed by atoms with Crippen molar-refractivity contribution in [2.24, 2.45) is 0 Å². The molecule has 1 saturated heterocycles. The third-order valence-electron chi connectivity index (χ3n) is 3.60. The molecule has 0 unspecified atom stereocenters. The molecule has 1 fully saturated rings. The van der Waals surface area contributed by atoms with Gasteiger partial charge in [-0.25, -0.2) is 0 Å². The maximum atomic E-state index is 12.3. The highest BCUT2D eigenvalue weighted by Crippen LogP contribution is 2.25. The zero-order valence-electron chi connectivity index (χ0n) is 12.8. The molecule has 5 heteroatoms. The van der Waals surface area contributed by atoms with Crippen LogP contribution in [-0.4, -0.2) is 46.4 Å². The van der Waals surface area contributed by atoms with Gasteiger partial charge in [-0.05, 0) is 30.8 Å². The quantitative estimate of drug-likeness (QED) is 0.870. The minimum absolute atomic E-state index is 0.0928. The fourth-order valence-corrected chi connectivity index (χ4v) is 4.87. The van der Waals surface area contributed by atoms with Gasteiger partial charge in [0.15, 0.2) is 0 Å². The third-order valence-corrected chi connectivity index (χ3v) is 6.36. The van der Waals surface area contributed by atoms with Gasteiger partial charge in [0.1, 0.15) is 0 Å². The van der Waals surface area contributed by atoms with Crippen molar-refractivity contribution >= 4 is 35.1 Å². The number of benzene rings is 1. The van der Waals surface area contributed by atoms with Gasteiger partial charge in [0, 0.05) is 29.5 Å².